The van der Waals surface area contributed by atoms with E-state index in [0.717, 1.165) is 21.2 Å². The molecular weight excluding hydrogens is 472 g/mol. The van der Waals surface area contributed by atoms with Gasteiger partial charge in [-0.25, -0.2) is 0 Å². The Bertz CT molecular complexity index is 1220. The van der Waals surface area contributed by atoms with Crippen molar-refractivity contribution in [2.75, 3.05) is 6.61 Å². The van der Waals surface area contributed by atoms with Crippen LogP contribution in [0.1, 0.15) is 29.5 Å². The van der Waals surface area contributed by atoms with Crippen LogP contribution in [-0.2, 0) is 6.61 Å². The van der Waals surface area contributed by atoms with Gasteiger partial charge in [-0.05, 0) is 36.2 Å². The number of hydrogen-bond donors (Lipinski definition) is 2. The van der Waals surface area contributed by atoms with E-state index in [1.807, 2.05) is 49.4 Å². The molecule has 1 aliphatic heterocycles. The molecule has 1 atom stereocenters. The number of phenols is 1. The Labute approximate surface area is 194 Å². The van der Waals surface area contributed by atoms with E-state index in [1.165, 1.54) is 6.07 Å². The molecule has 0 aliphatic carbocycles. The van der Waals surface area contributed by atoms with Crippen LogP contribution >= 0.6 is 15.9 Å². The summed E-state index contributed by atoms with van der Waals surface area (Å²) in [5.74, 6) is 1.10. The fraction of sp³-hybridized carbons (Fsp3) is 0.160. The van der Waals surface area contributed by atoms with E-state index >= 15 is 0 Å². The molecule has 1 heterocycles. The highest BCUT2D eigenvalue weighted by atomic mass is 79.9. The van der Waals surface area contributed by atoms with E-state index in [1.54, 1.807) is 12.1 Å². The molecule has 0 amide bonds. The van der Waals surface area contributed by atoms with Crippen molar-refractivity contribution in [2.45, 2.75) is 19.4 Å². The second-order valence-corrected chi connectivity index (χ2v) is 8.03. The van der Waals surface area contributed by atoms with E-state index in [0.29, 0.717) is 30.5 Å². The van der Waals surface area contributed by atoms with Gasteiger partial charge in [0.05, 0.1) is 12.5 Å². The third kappa shape index (κ3) is 4.23. The van der Waals surface area contributed by atoms with E-state index in [-0.39, 0.29) is 17.2 Å². The van der Waals surface area contributed by atoms with Crippen molar-refractivity contribution >= 4 is 15.9 Å². The first-order valence-electron chi connectivity index (χ1n) is 10.0. The molecule has 32 heavy (non-hydrogen) atoms. The minimum absolute atomic E-state index is 0.00450. The third-order valence-electron chi connectivity index (χ3n) is 5.11. The summed E-state index contributed by atoms with van der Waals surface area (Å²) in [6.07, 6.45) is 0. The molecule has 3 aromatic rings. The number of nitrogens with two attached hydrogens (primary N) is 1. The Balaban J connectivity index is 1.78. The van der Waals surface area contributed by atoms with Crippen molar-refractivity contribution in [1.29, 1.82) is 5.26 Å². The van der Waals surface area contributed by atoms with Gasteiger partial charge in [-0.15, -0.1) is 0 Å². The molecule has 0 aromatic heterocycles. The average Bonchev–Trinajstić information content (AvgIpc) is 2.79. The van der Waals surface area contributed by atoms with Gasteiger partial charge < -0.3 is 25.1 Å². The summed E-state index contributed by atoms with van der Waals surface area (Å²) in [5, 5.41) is 19.7. The number of nitrogens with zero attached hydrogens (tertiary/aromatic N) is 1. The van der Waals surface area contributed by atoms with Crippen molar-refractivity contribution in [3.8, 4) is 29.1 Å². The summed E-state index contributed by atoms with van der Waals surface area (Å²) in [5.41, 5.74) is 8.86. The van der Waals surface area contributed by atoms with Gasteiger partial charge in [-0.3, -0.25) is 0 Å². The highest BCUT2D eigenvalue weighted by Gasteiger charge is 2.33. The molecule has 7 heteroatoms. The maximum atomic E-state index is 9.86. The van der Waals surface area contributed by atoms with Gasteiger partial charge in [0.25, 0.3) is 0 Å². The highest BCUT2D eigenvalue weighted by Crippen LogP contribution is 2.47. The Morgan fingerprint density at radius 3 is 2.53 bits per heavy atom. The summed E-state index contributed by atoms with van der Waals surface area (Å²) < 4.78 is 18.2. The number of phenolic OH excluding ortho intramolecular Hbond substituents is 1. The lowest BCUT2D eigenvalue weighted by atomic mass is 9.83. The first-order chi connectivity index (χ1) is 15.5. The Hall–Kier alpha value is -3.63. The molecule has 0 radical (unpaired) electrons. The zero-order chi connectivity index (χ0) is 22.7. The average molecular weight is 493 g/mol. The van der Waals surface area contributed by atoms with Crippen molar-refractivity contribution < 1.29 is 19.3 Å². The number of allylic oxidation sites excluding steroid dienone is 1. The first kappa shape index (κ1) is 21.6. The number of rotatable bonds is 6. The van der Waals surface area contributed by atoms with Crippen molar-refractivity contribution in [2.24, 2.45) is 5.73 Å². The zero-order valence-electron chi connectivity index (χ0n) is 17.3. The van der Waals surface area contributed by atoms with Gasteiger partial charge >= 0.3 is 0 Å². The van der Waals surface area contributed by atoms with Gasteiger partial charge in [0.2, 0.25) is 5.88 Å². The van der Waals surface area contributed by atoms with E-state index in [9.17, 15) is 10.4 Å². The Kier molecular flexibility index (Phi) is 6.24. The molecule has 0 unspecified atom stereocenters. The molecular formula is C25H21BrN2O4. The first-order valence-corrected chi connectivity index (χ1v) is 10.8. The SMILES string of the molecule is CCOc1cc([C@H]2C(C#N)=C(N)Oc3cc(O)ccc32)c(Br)cc1OCc1ccccc1. The van der Waals surface area contributed by atoms with Gasteiger partial charge in [0, 0.05) is 16.1 Å². The molecule has 162 valence electrons. The van der Waals surface area contributed by atoms with Crippen LogP contribution in [0.2, 0.25) is 0 Å². The van der Waals surface area contributed by atoms with Crippen LogP contribution in [0.15, 0.2) is 76.6 Å². The number of ether oxygens (including phenoxy) is 3. The van der Waals surface area contributed by atoms with E-state index in [2.05, 4.69) is 22.0 Å². The van der Waals surface area contributed by atoms with Crippen LogP contribution in [0.4, 0.5) is 0 Å². The van der Waals surface area contributed by atoms with Crippen molar-refractivity contribution in [1.82, 2.24) is 0 Å². The summed E-state index contributed by atoms with van der Waals surface area (Å²) >= 11 is 3.64. The van der Waals surface area contributed by atoms with Crippen LogP contribution in [0.25, 0.3) is 0 Å². The number of halogens is 1. The lowest BCUT2D eigenvalue weighted by molar-refractivity contribution is 0.269. The zero-order valence-corrected chi connectivity index (χ0v) is 18.9. The number of hydrogen-bond acceptors (Lipinski definition) is 6. The molecule has 3 aromatic carbocycles. The lowest BCUT2D eigenvalue weighted by Crippen LogP contribution is -2.21. The van der Waals surface area contributed by atoms with Crippen molar-refractivity contribution in [3.05, 3.63) is 93.3 Å². The van der Waals surface area contributed by atoms with Crippen LogP contribution in [0.5, 0.6) is 23.0 Å². The summed E-state index contributed by atoms with van der Waals surface area (Å²) in [6, 6.07) is 20.5. The van der Waals surface area contributed by atoms with Gasteiger partial charge in [0.15, 0.2) is 11.5 Å². The molecule has 6 nitrogen and oxygen atoms in total. The number of aromatic hydroxyl groups is 1. The largest absolute Gasteiger partial charge is 0.508 e. The number of fused-ring (bicyclic) bond motifs is 1. The molecule has 0 bridgehead atoms. The molecule has 0 fully saturated rings. The molecule has 0 spiro atoms. The van der Waals surface area contributed by atoms with Gasteiger partial charge in [-0.1, -0.05) is 52.3 Å². The second kappa shape index (κ2) is 9.25. The topological polar surface area (TPSA) is 97.7 Å². The van der Waals surface area contributed by atoms with E-state index < -0.39 is 5.92 Å². The summed E-state index contributed by atoms with van der Waals surface area (Å²) in [7, 11) is 0. The predicted octanol–water partition coefficient (Wildman–Crippen LogP) is 5.35. The number of nitriles is 1. The molecule has 0 saturated heterocycles. The Morgan fingerprint density at radius 1 is 1.06 bits per heavy atom. The molecule has 1 aliphatic rings. The molecule has 3 N–H and O–H groups in total. The smallest absolute Gasteiger partial charge is 0.205 e. The van der Waals surface area contributed by atoms with E-state index in [4.69, 9.17) is 19.9 Å². The van der Waals surface area contributed by atoms with Crippen molar-refractivity contribution in [3.63, 3.8) is 0 Å². The molecule has 0 saturated carbocycles. The van der Waals surface area contributed by atoms with Gasteiger partial charge in [-0.2, -0.15) is 5.26 Å². The van der Waals surface area contributed by atoms with Gasteiger partial charge in [0.1, 0.15) is 29.7 Å². The van der Waals surface area contributed by atoms with Crippen LogP contribution in [0.3, 0.4) is 0 Å². The minimum atomic E-state index is -0.499. The minimum Gasteiger partial charge on any atom is -0.508 e. The third-order valence-corrected chi connectivity index (χ3v) is 5.80. The Morgan fingerprint density at radius 2 is 1.81 bits per heavy atom. The van der Waals surface area contributed by atoms with Crippen LogP contribution in [-0.4, -0.2) is 11.7 Å². The standard InChI is InChI=1S/C25H21BrN2O4/c1-2-30-22-11-18(20(26)12-23(22)31-14-15-6-4-3-5-7-15)24-17-9-8-16(29)10-21(17)32-25(28)19(24)13-27/h3-12,24,29H,2,14,28H2,1H3/t24-/m0/s1. The number of benzene rings is 3. The lowest BCUT2D eigenvalue weighted by Gasteiger charge is -2.28. The maximum absolute atomic E-state index is 9.86. The highest BCUT2D eigenvalue weighted by molar-refractivity contribution is 9.10. The fourth-order valence-corrected chi connectivity index (χ4v) is 4.20. The maximum Gasteiger partial charge on any atom is 0.205 e. The van der Waals surface area contributed by atoms with Crippen LogP contribution in [0, 0.1) is 11.3 Å². The predicted molar refractivity (Wildman–Crippen MR) is 123 cm³/mol. The normalized spacial score (nSPS) is 14.8. The summed E-state index contributed by atoms with van der Waals surface area (Å²) in [4.78, 5) is 0. The summed E-state index contributed by atoms with van der Waals surface area (Å²) in [6.45, 7) is 2.74. The molecule has 4 rings (SSSR count). The second-order valence-electron chi connectivity index (χ2n) is 7.17. The fourth-order valence-electron chi connectivity index (χ4n) is 3.65. The van der Waals surface area contributed by atoms with Crippen LogP contribution < -0.4 is 19.9 Å². The monoisotopic (exact) mass is 492 g/mol. The quantitative estimate of drug-likeness (QED) is 0.481.